The number of nitrogens with zero attached hydrogens (tertiary/aromatic N) is 1. The second-order valence-corrected chi connectivity index (χ2v) is 7.42. The van der Waals surface area contributed by atoms with E-state index in [2.05, 4.69) is 20.6 Å². The maximum atomic E-state index is 12.9. The molecule has 188 valence electrons. The molecule has 1 heterocycles. The summed E-state index contributed by atoms with van der Waals surface area (Å²) in [5.74, 6) is -6.37. The van der Waals surface area contributed by atoms with Gasteiger partial charge in [-0.3, -0.25) is 24.0 Å². The largest absolute Gasteiger partial charge is 0.480 e. The van der Waals surface area contributed by atoms with Crippen LogP contribution in [0.15, 0.2) is 12.5 Å². The first-order valence-electron chi connectivity index (χ1n) is 9.93. The van der Waals surface area contributed by atoms with Crippen LogP contribution in [0.3, 0.4) is 0 Å². The van der Waals surface area contributed by atoms with Crippen LogP contribution < -0.4 is 33.2 Å². The summed E-state index contributed by atoms with van der Waals surface area (Å²) in [6.07, 6.45) is -0.176. The number of amides is 5. The highest BCUT2D eigenvalue weighted by Gasteiger charge is 2.33. The lowest BCUT2D eigenvalue weighted by molar-refractivity contribution is -0.145. The number of carboxylic acid groups (broad SMARTS) is 1. The number of H-pyrrole nitrogens is 1. The number of nitrogens with two attached hydrogens (primary N) is 3. The molecule has 0 radical (unpaired) electrons. The summed E-state index contributed by atoms with van der Waals surface area (Å²) in [7, 11) is 0. The van der Waals surface area contributed by atoms with E-state index in [-0.39, 0.29) is 6.42 Å². The molecule has 5 unspecified atom stereocenters. The fourth-order valence-electron chi connectivity index (χ4n) is 2.74. The van der Waals surface area contributed by atoms with Gasteiger partial charge in [0.1, 0.15) is 12.1 Å². The number of carboxylic acids is 1. The molecular weight excluding hydrogens is 456 g/mol. The predicted octanol–water partition coefficient (Wildman–Crippen LogP) is -5.05. The zero-order valence-electron chi connectivity index (χ0n) is 18.2. The molecule has 34 heavy (non-hydrogen) atoms. The molecule has 5 atom stereocenters. The lowest BCUT2D eigenvalue weighted by atomic mass is 10.1. The van der Waals surface area contributed by atoms with Gasteiger partial charge in [-0.25, -0.2) is 9.78 Å². The topological polar surface area (TPSA) is 286 Å². The Kier molecular flexibility index (Phi) is 10.6. The van der Waals surface area contributed by atoms with E-state index in [9.17, 15) is 33.9 Å². The molecule has 0 aliphatic rings. The first kappa shape index (κ1) is 28.0. The minimum atomic E-state index is -1.73. The SMILES string of the molecule is CC(O)C(NC(=O)C(CC(N)=O)NC(=O)C(Cc1cnc[nH]1)NC(=O)C(N)CC(N)=O)C(=O)O. The molecule has 0 fully saturated rings. The second-order valence-electron chi connectivity index (χ2n) is 7.42. The van der Waals surface area contributed by atoms with E-state index in [0.29, 0.717) is 5.69 Å². The van der Waals surface area contributed by atoms with Crippen LogP contribution in [0.25, 0.3) is 0 Å². The molecule has 0 aliphatic heterocycles. The molecular formula is C18H28N8O8. The summed E-state index contributed by atoms with van der Waals surface area (Å²) in [6.45, 7) is 1.12. The van der Waals surface area contributed by atoms with E-state index in [0.717, 1.165) is 6.92 Å². The maximum absolute atomic E-state index is 12.9. The third-order valence-electron chi connectivity index (χ3n) is 4.45. The van der Waals surface area contributed by atoms with Gasteiger partial charge in [0.15, 0.2) is 6.04 Å². The standard InChI is InChI=1S/C18H28N8O8/c1-7(27)14(18(33)34)26-17(32)11(4-13(21)29)25-16(31)10(2-8-5-22-6-23-8)24-15(30)9(19)3-12(20)28/h5-7,9-11,14,27H,2-4,19H2,1H3,(H2,20,28)(H2,21,29)(H,22,23)(H,24,30)(H,25,31)(H,26,32)(H,33,34). The number of carbonyl (C=O) groups excluding carboxylic acids is 5. The van der Waals surface area contributed by atoms with E-state index in [1.54, 1.807) is 0 Å². The number of nitrogens with one attached hydrogen (secondary N) is 4. The number of hydrogen-bond acceptors (Lipinski definition) is 9. The Bertz CT molecular complexity index is 904. The first-order valence-corrected chi connectivity index (χ1v) is 9.93. The number of rotatable bonds is 14. The van der Waals surface area contributed by atoms with Crippen LogP contribution in [0.5, 0.6) is 0 Å². The van der Waals surface area contributed by atoms with Crippen molar-refractivity contribution in [1.29, 1.82) is 0 Å². The summed E-state index contributed by atoms with van der Waals surface area (Å²) < 4.78 is 0. The van der Waals surface area contributed by atoms with Gasteiger partial charge in [0.05, 0.1) is 31.3 Å². The van der Waals surface area contributed by atoms with Crippen molar-refractivity contribution in [1.82, 2.24) is 25.9 Å². The number of aliphatic hydroxyl groups excluding tert-OH is 1. The second kappa shape index (κ2) is 12.9. The molecule has 0 bridgehead atoms. The molecule has 16 nitrogen and oxygen atoms in total. The Hall–Kier alpha value is -4.05. The van der Waals surface area contributed by atoms with Crippen LogP contribution in [0.1, 0.15) is 25.5 Å². The van der Waals surface area contributed by atoms with E-state index in [1.165, 1.54) is 12.5 Å². The molecule has 0 aliphatic carbocycles. The molecule has 16 heteroatoms. The summed E-state index contributed by atoms with van der Waals surface area (Å²) in [5.41, 5.74) is 16.2. The van der Waals surface area contributed by atoms with Crippen LogP contribution in [-0.4, -0.2) is 86.0 Å². The minimum Gasteiger partial charge on any atom is -0.480 e. The smallest absolute Gasteiger partial charge is 0.328 e. The average Bonchev–Trinajstić information content (AvgIpc) is 3.22. The van der Waals surface area contributed by atoms with Crippen LogP contribution in [0.2, 0.25) is 0 Å². The molecule has 0 saturated heterocycles. The van der Waals surface area contributed by atoms with Gasteiger partial charge in [0.25, 0.3) is 0 Å². The van der Waals surface area contributed by atoms with Crippen molar-refractivity contribution in [2.24, 2.45) is 17.2 Å². The number of imidazole rings is 1. The zero-order valence-corrected chi connectivity index (χ0v) is 18.2. The number of primary amides is 2. The number of hydrogen-bond donors (Lipinski definition) is 9. The Balaban J connectivity index is 3.07. The van der Waals surface area contributed by atoms with Gasteiger partial charge in [-0.1, -0.05) is 0 Å². The number of carbonyl (C=O) groups is 6. The molecule has 0 aromatic carbocycles. The van der Waals surface area contributed by atoms with Crippen molar-refractivity contribution in [3.63, 3.8) is 0 Å². The van der Waals surface area contributed by atoms with Gasteiger partial charge >= 0.3 is 5.97 Å². The Morgan fingerprint density at radius 1 is 0.971 bits per heavy atom. The molecule has 1 aromatic rings. The predicted molar refractivity (Wildman–Crippen MR) is 113 cm³/mol. The molecule has 1 rings (SSSR count). The summed E-state index contributed by atoms with van der Waals surface area (Å²) in [5, 5.41) is 25.2. The van der Waals surface area contributed by atoms with Crippen molar-refractivity contribution >= 4 is 35.5 Å². The van der Waals surface area contributed by atoms with Crippen molar-refractivity contribution in [2.75, 3.05) is 0 Å². The zero-order chi connectivity index (χ0) is 26.0. The minimum absolute atomic E-state index is 0.156. The Labute approximate surface area is 193 Å². The van der Waals surface area contributed by atoms with E-state index in [1.807, 2.05) is 5.32 Å². The monoisotopic (exact) mass is 484 g/mol. The summed E-state index contributed by atoms with van der Waals surface area (Å²) in [6, 6.07) is -6.08. The van der Waals surface area contributed by atoms with Gasteiger partial charge in [0, 0.05) is 18.3 Å². The number of aliphatic carboxylic acids is 1. The lowest BCUT2D eigenvalue weighted by Gasteiger charge is -2.25. The normalized spacial score (nSPS) is 15.1. The van der Waals surface area contributed by atoms with Crippen LogP contribution in [0, 0.1) is 0 Å². The number of aromatic nitrogens is 2. The van der Waals surface area contributed by atoms with E-state index in [4.69, 9.17) is 22.3 Å². The molecule has 5 amide bonds. The van der Waals surface area contributed by atoms with Gasteiger partial charge < -0.3 is 48.3 Å². The van der Waals surface area contributed by atoms with Gasteiger partial charge in [-0.15, -0.1) is 0 Å². The fraction of sp³-hybridized carbons (Fsp3) is 0.500. The molecule has 0 spiro atoms. The highest BCUT2D eigenvalue weighted by molar-refractivity contribution is 5.96. The number of aliphatic hydroxyl groups is 1. The highest BCUT2D eigenvalue weighted by atomic mass is 16.4. The maximum Gasteiger partial charge on any atom is 0.328 e. The van der Waals surface area contributed by atoms with Crippen molar-refractivity contribution in [2.45, 2.75) is 56.5 Å². The van der Waals surface area contributed by atoms with Crippen molar-refractivity contribution in [3.05, 3.63) is 18.2 Å². The van der Waals surface area contributed by atoms with Crippen molar-refractivity contribution in [3.8, 4) is 0 Å². The fourth-order valence-corrected chi connectivity index (χ4v) is 2.74. The van der Waals surface area contributed by atoms with Gasteiger partial charge in [0.2, 0.25) is 29.5 Å². The third-order valence-corrected chi connectivity index (χ3v) is 4.45. The van der Waals surface area contributed by atoms with E-state index >= 15 is 0 Å². The van der Waals surface area contributed by atoms with Crippen molar-refractivity contribution < 1.29 is 39.0 Å². The highest BCUT2D eigenvalue weighted by Crippen LogP contribution is 2.03. The number of aromatic amines is 1. The molecule has 1 aromatic heterocycles. The average molecular weight is 484 g/mol. The van der Waals surface area contributed by atoms with Crippen LogP contribution in [0.4, 0.5) is 0 Å². The Morgan fingerprint density at radius 3 is 2.00 bits per heavy atom. The van der Waals surface area contributed by atoms with Gasteiger partial charge in [-0.05, 0) is 6.92 Å². The quantitative estimate of drug-likeness (QED) is 0.121. The first-order chi connectivity index (χ1) is 15.8. The van der Waals surface area contributed by atoms with E-state index < -0.39 is 78.6 Å². The third kappa shape index (κ3) is 9.21. The molecule has 0 saturated carbocycles. The lowest BCUT2D eigenvalue weighted by Crippen LogP contribution is -2.59. The summed E-state index contributed by atoms with van der Waals surface area (Å²) >= 11 is 0. The van der Waals surface area contributed by atoms with Crippen LogP contribution >= 0.6 is 0 Å². The van der Waals surface area contributed by atoms with Crippen LogP contribution in [-0.2, 0) is 35.2 Å². The Morgan fingerprint density at radius 2 is 1.53 bits per heavy atom. The van der Waals surface area contributed by atoms with Gasteiger partial charge in [-0.2, -0.15) is 0 Å². The molecule has 12 N–H and O–H groups in total. The summed E-state index contributed by atoms with van der Waals surface area (Å²) in [4.78, 5) is 78.0.